The van der Waals surface area contributed by atoms with Crippen LogP contribution in [-0.4, -0.2) is 22.9 Å². The van der Waals surface area contributed by atoms with Gasteiger partial charge in [0.15, 0.2) is 0 Å². The Morgan fingerprint density at radius 2 is 2.00 bits per heavy atom. The van der Waals surface area contributed by atoms with Gasteiger partial charge in [0.2, 0.25) is 5.91 Å². The number of hydrogen-bond acceptors (Lipinski definition) is 2. The number of halogens is 1. The van der Waals surface area contributed by atoms with Crippen LogP contribution in [0.15, 0.2) is 24.3 Å². The Kier molecular flexibility index (Phi) is 2.33. The fraction of sp³-hybridized carbons (Fsp3) is 0.300. The summed E-state index contributed by atoms with van der Waals surface area (Å²) in [4.78, 5) is 13.1. The molecule has 1 saturated heterocycles. The van der Waals surface area contributed by atoms with Gasteiger partial charge in [-0.25, -0.2) is 0 Å². The van der Waals surface area contributed by atoms with E-state index in [1.165, 1.54) is 0 Å². The number of anilines is 1. The highest BCUT2D eigenvalue weighted by Gasteiger charge is 2.28. The van der Waals surface area contributed by atoms with Crippen LogP contribution >= 0.6 is 11.6 Å². The van der Waals surface area contributed by atoms with E-state index in [9.17, 15) is 4.79 Å². The lowest BCUT2D eigenvalue weighted by Crippen LogP contribution is -2.24. The Morgan fingerprint density at radius 1 is 1.36 bits per heavy atom. The summed E-state index contributed by atoms with van der Waals surface area (Å²) in [6.07, 6.45) is 0.391. The van der Waals surface area contributed by atoms with E-state index < -0.39 is 0 Å². The molecule has 0 aliphatic carbocycles. The lowest BCUT2D eigenvalue weighted by atomic mass is 10.3. The molecule has 1 atom stereocenters. The van der Waals surface area contributed by atoms with Crippen molar-refractivity contribution >= 4 is 23.2 Å². The molecular weight excluding hydrogens is 202 g/mol. The predicted octanol–water partition coefficient (Wildman–Crippen LogP) is 1.74. The van der Waals surface area contributed by atoms with Crippen LogP contribution in [0, 0.1) is 0 Å². The minimum atomic E-state index is -0.101. The highest BCUT2D eigenvalue weighted by Crippen LogP contribution is 2.25. The second-order valence-electron chi connectivity index (χ2n) is 3.32. The van der Waals surface area contributed by atoms with Crippen LogP contribution in [0.2, 0.25) is 0 Å². The van der Waals surface area contributed by atoms with Gasteiger partial charge < -0.3 is 10.0 Å². The molecule has 2 rings (SSSR count). The number of phenolic OH excluding ortho intramolecular Hbond substituents is 1. The number of rotatable bonds is 1. The minimum absolute atomic E-state index is 0.0377. The number of carbonyl (C=O) groups excluding carboxylic acids is 1. The Balaban J connectivity index is 2.23. The molecule has 0 radical (unpaired) electrons. The summed E-state index contributed by atoms with van der Waals surface area (Å²) >= 11 is 5.87. The van der Waals surface area contributed by atoms with Gasteiger partial charge in [-0.05, 0) is 24.3 Å². The lowest BCUT2D eigenvalue weighted by molar-refractivity contribution is -0.117. The number of benzene rings is 1. The maximum absolute atomic E-state index is 11.4. The number of amides is 1. The van der Waals surface area contributed by atoms with Gasteiger partial charge in [-0.1, -0.05) is 0 Å². The molecule has 0 bridgehead atoms. The van der Waals surface area contributed by atoms with Gasteiger partial charge in [0, 0.05) is 18.7 Å². The van der Waals surface area contributed by atoms with E-state index in [0.717, 1.165) is 5.69 Å². The van der Waals surface area contributed by atoms with Crippen molar-refractivity contribution in [1.82, 2.24) is 0 Å². The van der Waals surface area contributed by atoms with Crippen LogP contribution in [0.4, 0.5) is 5.69 Å². The van der Waals surface area contributed by atoms with Crippen LogP contribution < -0.4 is 4.90 Å². The van der Waals surface area contributed by atoms with E-state index >= 15 is 0 Å². The van der Waals surface area contributed by atoms with Crippen LogP contribution in [0.5, 0.6) is 5.75 Å². The normalized spacial score (nSPS) is 21.6. The molecule has 3 nitrogen and oxygen atoms in total. The Morgan fingerprint density at radius 3 is 2.50 bits per heavy atom. The zero-order valence-electron chi connectivity index (χ0n) is 7.48. The first-order chi connectivity index (χ1) is 6.66. The summed E-state index contributed by atoms with van der Waals surface area (Å²) in [5, 5.41) is 8.99. The number of alkyl halides is 1. The van der Waals surface area contributed by atoms with E-state index in [1.807, 2.05) is 0 Å². The number of aromatic hydroxyl groups is 1. The quantitative estimate of drug-likeness (QED) is 0.719. The van der Waals surface area contributed by atoms with Gasteiger partial charge in [0.25, 0.3) is 0 Å². The summed E-state index contributed by atoms with van der Waals surface area (Å²) in [5.74, 6) is 0.235. The fourth-order valence-electron chi connectivity index (χ4n) is 1.55. The van der Waals surface area contributed by atoms with Gasteiger partial charge in [-0.2, -0.15) is 0 Å². The van der Waals surface area contributed by atoms with Crippen LogP contribution in [0.25, 0.3) is 0 Å². The molecule has 14 heavy (non-hydrogen) atoms. The average Bonchev–Trinajstić information content (AvgIpc) is 2.47. The third-order valence-electron chi connectivity index (χ3n) is 2.24. The largest absolute Gasteiger partial charge is 0.508 e. The number of carbonyl (C=O) groups is 1. The van der Waals surface area contributed by atoms with E-state index in [0.29, 0.717) is 13.0 Å². The Hall–Kier alpha value is -1.22. The molecule has 1 aliphatic heterocycles. The first-order valence-electron chi connectivity index (χ1n) is 4.40. The molecule has 1 N–H and O–H groups in total. The summed E-state index contributed by atoms with van der Waals surface area (Å²) < 4.78 is 0. The molecular formula is C10H10ClNO2. The summed E-state index contributed by atoms with van der Waals surface area (Å²) in [6, 6.07) is 6.54. The molecule has 4 heteroatoms. The lowest BCUT2D eigenvalue weighted by Gasteiger charge is -2.15. The number of hydrogen-bond donors (Lipinski definition) is 1. The van der Waals surface area contributed by atoms with Crippen LogP contribution in [0.1, 0.15) is 6.42 Å². The third-order valence-corrected chi connectivity index (χ3v) is 2.53. The fourth-order valence-corrected chi connectivity index (χ4v) is 1.82. The van der Waals surface area contributed by atoms with Crippen molar-refractivity contribution in [2.75, 3.05) is 11.4 Å². The van der Waals surface area contributed by atoms with Gasteiger partial charge in [-0.15, -0.1) is 11.6 Å². The topological polar surface area (TPSA) is 40.5 Å². The first kappa shape index (κ1) is 9.34. The summed E-state index contributed by atoms with van der Waals surface area (Å²) in [6.45, 7) is 0.547. The molecule has 0 aromatic heterocycles. The predicted molar refractivity (Wildman–Crippen MR) is 54.7 cm³/mol. The molecule has 0 spiro atoms. The molecule has 1 aromatic carbocycles. The van der Waals surface area contributed by atoms with Crippen molar-refractivity contribution < 1.29 is 9.90 Å². The second-order valence-corrected chi connectivity index (χ2v) is 3.94. The molecule has 1 fully saturated rings. The van der Waals surface area contributed by atoms with Crippen molar-refractivity contribution in [1.29, 1.82) is 0 Å². The van der Waals surface area contributed by atoms with Crippen molar-refractivity contribution in [2.24, 2.45) is 0 Å². The summed E-state index contributed by atoms with van der Waals surface area (Å²) in [7, 11) is 0. The number of nitrogens with zero attached hydrogens (tertiary/aromatic N) is 1. The molecule has 74 valence electrons. The Labute approximate surface area is 86.9 Å². The van der Waals surface area contributed by atoms with E-state index in [2.05, 4.69) is 0 Å². The van der Waals surface area contributed by atoms with E-state index in [4.69, 9.17) is 16.7 Å². The second kappa shape index (κ2) is 3.50. The van der Waals surface area contributed by atoms with Crippen molar-refractivity contribution in [3.63, 3.8) is 0 Å². The molecule has 1 aromatic rings. The third kappa shape index (κ3) is 1.68. The molecule has 1 unspecified atom stereocenters. The van der Waals surface area contributed by atoms with Crippen molar-refractivity contribution in [2.45, 2.75) is 11.8 Å². The van der Waals surface area contributed by atoms with Gasteiger partial charge in [-0.3, -0.25) is 4.79 Å². The highest BCUT2D eigenvalue weighted by atomic mass is 35.5. The zero-order chi connectivity index (χ0) is 10.1. The number of phenols is 1. The smallest absolute Gasteiger partial charge is 0.228 e. The monoisotopic (exact) mass is 211 g/mol. The van der Waals surface area contributed by atoms with E-state index in [1.54, 1.807) is 29.2 Å². The van der Waals surface area contributed by atoms with Crippen molar-refractivity contribution in [3.05, 3.63) is 24.3 Å². The summed E-state index contributed by atoms with van der Waals surface area (Å²) in [5.41, 5.74) is 0.788. The Bertz CT molecular complexity index is 350. The molecule has 1 amide bonds. The van der Waals surface area contributed by atoms with Gasteiger partial charge >= 0.3 is 0 Å². The minimum Gasteiger partial charge on any atom is -0.508 e. The van der Waals surface area contributed by atoms with Crippen molar-refractivity contribution in [3.8, 4) is 5.75 Å². The standard InChI is InChI=1S/C10H10ClNO2/c11-7-5-10(14)12(6-7)8-1-3-9(13)4-2-8/h1-4,7,13H,5-6H2. The highest BCUT2D eigenvalue weighted by molar-refractivity contribution is 6.24. The first-order valence-corrected chi connectivity index (χ1v) is 4.84. The van der Waals surface area contributed by atoms with Gasteiger partial charge in [0.05, 0.1) is 5.38 Å². The maximum atomic E-state index is 11.4. The molecule has 1 aliphatic rings. The zero-order valence-corrected chi connectivity index (χ0v) is 8.24. The average molecular weight is 212 g/mol. The van der Waals surface area contributed by atoms with Gasteiger partial charge in [0.1, 0.15) is 5.75 Å². The van der Waals surface area contributed by atoms with Crippen LogP contribution in [0.3, 0.4) is 0 Å². The molecule has 0 saturated carbocycles. The molecule has 1 heterocycles. The SMILES string of the molecule is O=C1CC(Cl)CN1c1ccc(O)cc1. The van der Waals surface area contributed by atoms with E-state index in [-0.39, 0.29) is 17.0 Å². The maximum Gasteiger partial charge on any atom is 0.228 e. The van der Waals surface area contributed by atoms with Crippen LogP contribution in [-0.2, 0) is 4.79 Å².